The summed E-state index contributed by atoms with van der Waals surface area (Å²) >= 11 is 0. The number of rotatable bonds is 7. The van der Waals surface area contributed by atoms with Gasteiger partial charge in [0.1, 0.15) is 17.0 Å². The molecule has 0 N–H and O–H groups in total. The molecule has 41 heavy (non-hydrogen) atoms. The molecule has 2 aliphatic rings. The van der Waals surface area contributed by atoms with Gasteiger partial charge in [0.25, 0.3) is 5.91 Å². The van der Waals surface area contributed by atoms with Crippen molar-refractivity contribution in [2.75, 3.05) is 25.7 Å². The van der Waals surface area contributed by atoms with Crippen molar-refractivity contribution in [2.45, 2.75) is 24.8 Å². The van der Waals surface area contributed by atoms with Gasteiger partial charge >= 0.3 is 6.03 Å². The number of methoxy groups -OCH3 is 2. The fraction of sp³-hybridized carbons (Fsp3) is 0.212. The van der Waals surface area contributed by atoms with Gasteiger partial charge in [-0.3, -0.25) is 4.79 Å². The Morgan fingerprint density at radius 2 is 1.41 bits per heavy atom. The van der Waals surface area contributed by atoms with Crippen LogP contribution >= 0.6 is 0 Å². The van der Waals surface area contributed by atoms with Crippen LogP contribution in [0.15, 0.2) is 84.9 Å². The summed E-state index contributed by atoms with van der Waals surface area (Å²) in [5.41, 5.74) is 3.89. The predicted octanol–water partition coefficient (Wildman–Crippen LogP) is 5.85. The lowest BCUT2D eigenvalue weighted by molar-refractivity contribution is -0.123. The van der Waals surface area contributed by atoms with Gasteiger partial charge in [-0.05, 0) is 91.2 Å². The molecule has 3 aromatic carbocycles. The Balaban J connectivity index is 1.43. The van der Waals surface area contributed by atoms with Crippen LogP contribution in [-0.2, 0) is 11.2 Å². The summed E-state index contributed by atoms with van der Waals surface area (Å²) in [5.74, 6) is 1.20. The molecule has 0 spiro atoms. The zero-order valence-corrected chi connectivity index (χ0v) is 22.8. The highest BCUT2D eigenvalue weighted by Gasteiger charge is 2.59. The van der Waals surface area contributed by atoms with E-state index in [1.807, 2.05) is 60.7 Å². The molecule has 1 atom stereocenters. The number of aromatic nitrogens is 1. The lowest BCUT2D eigenvalue weighted by Crippen LogP contribution is -2.47. The van der Waals surface area contributed by atoms with E-state index in [-0.39, 0.29) is 11.9 Å². The Bertz CT molecular complexity index is 1590. The minimum Gasteiger partial charge on any atom is -0.497 e. The predicted molar refractivity (Wildman–Crippen MR) is 155 cm³/mol. The third-order valence-corrected chi connectivity index (χ3v) is 7.93. The average Bonchev–Trinajstić information content (AvgIpc) is 3.53. The summed E-state index contributed by atoms with van der Waals surface area (Å²) < 4.78 is 10.6. The smallest absolute Gasteiger partial charge is 0.332 e. The average molecular weight is 545 g/mol. The maximum absolute atomic E-state index is 14.3. The highest BCUT2D eigenvalue weighted by Crippen LogP contribution is 2.43. The summed E-state index contributed by atoms with van der Waals surface area (Å²) in [6.07, 6.45) is 1.73. The first-order valence-electron chi connectivity index (χ1n) is 13.4. The Kier molecular flexibility index (Phi) is 6.64. The van der Waals surface area contributed by atoms with Crippen LogP contribution in [0.25, 0.3) is 22.5 Å². The third-order valence-electron chi connectivity index (χ3n) is 7.93. The second-order valence-corrected chi connectivity index (χ2v) is 10.2. The van der Waals surface area contributed by atoms with E-state index in [2.05, 4.69) is 6.07 Å². The fourth-order valence-electron chi connectivity index (χ4n) is 5.78. The zero-order valence-electron chi connectivity index (χ0n) is 22.8. The number of hydrogen-bond donors (Lipinski definition) is 0. The van der Waals surface area contributed by atoms with Gasteiger partial charge in [-0.25, -0.2) is 14.7 Å². The van der Waals surface area contributed by atoms with E-state index in [1.54, 1.807) is 43.4 Å². The molecule has 8 nitrogen and oxygen atoms in total. The first-order chi connectivity index (χ1) is 20.0. The van der Waals surface area contributed by atoms with Gasteiger partial charge in [-0.15, -0.1) is 0 Å². The van der Waals surface area contributed by atoms with Crippen molar-refractivity contribution < 1.29 is 19.1 Å². The molecule has 0 radical (unpaired) electrons. The first-order valence-corrected chi connectivity index (χ1v) is 13.4. The van der Waals surface area contributed by atoms with Crippen molar-refractivity contribution in [3.63, 3.8) is 0 Å². The number of ether oxygens (including phenoxy) is 2. The Labute approximate surface area is 238 Å². The number of benzene rings is 3. The highest BCUT2D eigenvalue weighted by atomic mass is 16.5. The number of anilines is 1. The second kappa shape index (κ2) is 10.4. The molecule has 2 aliphatic heterocycles. The topological polar surface area (TPSA) is 95.8 Å². The van der Waals surface area contributed by atoms with E-state index in [4.69, 9.17) is 14.5 Å². The molecule has 0 saturated carbocycles. The van der Waals surface area contributed by atoms with Crippen LogP contribution in [-0.4, -0.2) is 48.1 Å². The number of carbonyl (C=O) groups excluding carboxylic acids is 2. The van der Waals surface area contributed by atoms with E-state index in [0.29, 0.717) is 42.0 Å². The molecule has 2 fully saturated rings. The van der Waals surface area contributed by atoms with Crippen molar-refractivity contribution in [3.05, 3.63) is 96.1 Å². The van der Waals surface area contributed by atoms with Crippen molar-refractivity contribution in [2.24, 2.45) is 0 Å². The van der Waals surface area contributed by atoms with E-state index in [9.17, 15) is 14.9 Å². The van der Waals surface area contributed by atoms with Gasteiger partial charge in [0.15, 0.2) is 0 Å². The molecule has 3 heterocycles. The van der Waals surface area contributed by atoms with Gasteiger partial charge in [-0.2, -0.15) is 5.26 Å². The number of nitrogens with zero attached hydrogens (tertiary/aromatic N) is 4. The number of hydrogen-bond acceptors (Lipinski definition) is 6. The van der Waals surface area contributed by atoms with Crippen LogP contribution in [0.3, 0.4) is 0 Å². The maximum Gasteiger partial charge on any atom is 0.332 e. The maximum atomic E-state index is 14.3. The van der Waals surface area contributed by atoms with E-state index in [1.165, 1.54) is 4.90 Å². The van der Waals surface area contributed by atoms with E-state index >= 15 is 0 Å². The van der Waals surface area contributed by atoms with Gasteiger partial charge in [-0.1, -0.05) is 12.1 Å². The van der Waals surface area contributed by atoms with Crippen LogP contribution in [0, 0.1) is 11.3 Å². The largest absolute Gasteiger partial charge is 0.497 e. The number of imide groups is 1. The van der Waals surface area contributed by atoms with Crippen LogP contribution in [0.1, 0.15) is 24.0 Å². The molecule has 4 aromatic rings. The number of nitriles is 1. The summed E-state index contributed by atoms with van der Waals surface area (Å²) in [6, 6.07) is 27.6. The molecule has 8 heteroatoms. The summed E-state index contributed by atoms with van der Waals surface area (Å²) in [4.78, 5) is 36.1. The van der Waals surface area contributed by atoms with Gasteiger partial charge < -0.3 is 14.4 Å². The Morgan fingerprint density at radius 3 is 1.93 bits per heavy atom. The molecule has 3 amide bonds. The molecular weight excluding hydrogens is 516 g/mol. The summed E-state index contributed by atoms with van der Waals surface area (Å²) in [6.45, 7) is 0.513. The molecule has 0 bridgehead atoms. The van der Waals surface area contributed by atoms with Crippen LogP contribution < -0.4 is 14.4 Å². The van der Waals surface area contributed by atoms with Crippen molar-refractivity contribution >= 4 is 17.6 Å². The number of carbonyl (C=O) groups is 2. The number of fused-ring (bicyclic) bond motifs is 1. The Hall–Kier alpha value is -5.16. The molecule has 0 aliphatic carbocycles. The second-order valence-electron chi connectivity index (χ2n) is 10.2. The minimum absolute atomic E-state index is 0.239. The standard InChI is InChI=1S/C33H28N4O4/c1-40-27-12-8-24(9-13-27)29-18-26(19-30(35-29)25-10-14-28(41-2)15-11-25)37-31(38)33(16-3-17-36(33)32(37)39)20-22-4-6-23(21-34)7-5-22/h4-15,18-19H,3,16-17,20H2,1-2H3. The first kappa shape index (κ1) is 26.1. The number of pyridine rings is 1. The Morgan fingerprint density at radius 1 is 0.854 bits per heavy atom. The highest BCUT2D eigenvalue weighted by molar-refractivity contribution is 6.24. The molecular formula is C33H28N4O4. The lowest BCUT2D eigenvalue weighted by atomic mass is 9.87. The minimum atomic E-state index is -0.963. The van der Waals surface area contributed by atoms with Crippen LogP contribution in [0.5, 0.6) is 11.5 Å². The monoisotopic (exact) mass is 544 g/mol. The van der Waals surface area contributed by atoms with Crippen molar-refractivity contribution in [1.29, 1.82) is 5.26 Å². The van der Waals surface area contributed by atoms with E-state index < -0.39 is 5.54 Å². The lowest BCUT2D eigenvalue weighted by Gasteiger charge is -2.28. The van der Waals surface area contributed by atoms with Gasteiger partial charge in [0, 0.05) is 24.1 Å². The van der Waals surface area contributed by atoms with Crippen molar-refractivity contribution in [3.8, 4) is 40.1 Å². The fourth-order valence-corrected chi connectivity index (χ4v) is 5.78. The third kappa shape index (κ3) is 4.55. The number of urea groups is 1. The van der Waals surface area contributed by atoms with Crippen LogP contribution in [0.2, 0.25) is 0 Å². The zero-order chi connectivity index (χ0) is 28.6. The van der Waals surface area contributed by atoms with E-state index in [0.717, 1.165) is 34.6 Å². The molecule has 2 saturated heterocycles. The molecule has 204 valence electrons. The van der Waals surface area contributed by atoms with Crippen LogP contribution in [0.4, 0.5) is 10.5 Å². The normalized spacial score (nSPS) is 17.9. The van der Waals surface area contributed by atoms with Crippen molar-refractivity contribution in [1.82, 2.24) is 9.88 Å². The van der Waals surface area contributed by atoms with Gasteiger partial charge in [0.2, 0.25) is 0 Å². The SMILES string of the molecule is COc1ccc(-c2cc(N3C(=O)N4CCCC4(Cc4ccc(C#N)cc4)C3=O)cc(-c3ccc(OC)cc3)n2)cc1. The molecule has 1 unspecified atom stereocenters. The molecule has 6 rings (SSSR count). The molecule has 1 aromatic heterocycles. The summed E-state index contributed by atoms with van der Waals surface area (Å²) in [7, 11) is 3.22. The number of amides is 3. The quantitative estimate of drug-likeness (QED) is 0.271. The summed E-state index contributed by atoms with van der Waals surface area (Å²) in [5, 5.41) is 9.18. The van der Waals surface area contributed by atoms with Gasteiger partial charge in [0.05, 0.1) is 42.9 Å².